The summed E-state index contributed by atoms with van der Waals surface area (Å²) in [5.41, 5.74) is 3.97. The van der Waals surface area contributed by atoms with Gasteiger partial charge in [-0.1, -0.05) is 35.9 Å². The van der Waals surface area contributed by atoms with E-state index in [-0.39, 0.29) is 17.0 Å². The molecule has 0 saturated heterocycles. The summed E-state index contributed by atoms with van der Waals surface area (Å²) in [6.45, 7) is 13.4. The second kappa shape index (κ2) is 8.32. The number of aryl methyl sites for hydroxylation is 1. The molecular weight excluding hydrogens is 327 g/mol. The third-order valence-electron chi connectivity index (χ3n) is 4.02. The average Bonchev–Trinajstić information content (AvgIpc) is 2.50. The normalized spacial score (nSPS) is 12.4. The molecule has 0 aliphatic heterocycles. The molecule has 0 bridgehead atoms. The van der Waals surface area contributed by atoms with Gasteiger partial charge >= 0.3 is 0 Å². The van der Waals surface area contributed by atoms with E-state index in [1.54, 1.807) is 6.07 Å². The highest BCUT2D eigenvalue weighted by atomic mass is 19.1. The third kappa shape index (κ3) is 7.27. The molecule has 0 unspecified atom stereocenters. The van der Waals surface area contributed by atoms with Gasteiger partial charge in [0.05, 0.1) is 24.4 Å². The molecule has 2 rings (SSSR count). The van der Waals surface area contributed by atoms with Crippen LogP contribution in [0.5, 0.6) is 0 Å². The van der Waals surface area contributed by atoms with Crippen LogP contribution in [0.3, 0.4) is 0 Å². The maximum Gasteiger partial charge on any atom is 0.123 e. The van der Waals surface area contributed by atoms with Crippen LogP contribution in [0, 0.1) is 12.7 Å². The molecule has 0 heterocycles. The number of ether oxygens (including phenoxy) is 2. The first-order valence-corrected chi connectivity index (χ1v) is 9.14. The molecule has 2 aromatic carbocycles. The Balaban J connectivity index is 2.02. The van der Waals surface area contributed by atoms with Gasteiger partial charge in [-0.15, -0.1) is 0 Å². The minimum atomic E-state index is -0.345. The number of rotatable bonds is 7. The van der Waals surface area contributed by atoms with Gasteiger partial charge in [0.15, 0.2) is 0 Å². The summed E-state index contributed by atoms with van der Waals surface area (Å²) in [6, 6.07) is 13.1. The molecule has 142 valence electrons. The summed E-state index contributed by atoms with van der Waals surface area (Å²) in [7, 11) is 0. The summed E-state index contributed by atoms with van der Waals surface area (Å²) in [4.78, 5) is 0. The van der Waals surface area contributed by atoms with Crippen molar-refractivity contribution >= 4 is 0 Å². The van der Waals surface area contributed by atoms with E-state index in [9.17, 15) is 4.39 Å². The van der Waals surface area contributed by atoms with E-state index >= 15 is 0 Å². The second-order valence-corrected chi connectivity index (χ2v) is 8.58. The van der Waals surface area contributed by atoms with Gasteiger partial charge in [0.25, 0.3) is 0 Å². The number of benzene rings is 2. The lowest BCUT2D eigenvalue weighted by molar-refractivity contribution is -0.0290. The maximum absolute atomic E-state index is 13.3. The van der Waals surface area contributed by atoms with Crippen molar-refractivity contribution in [2.75, 3.05) is 0 Å². The lowest BCUT2D eigenvalue weighted by Crippen LogP contribution is -2.27. The van der Waals surface area contributed by atoms with Crippen molar-refractivity contribution in [1.82, 2.24) is 0 Å². The molecule has 0 aliphatic rings. The van der Waals surface area contributed by atoms with Gasteiger partial charge in [-0.2, -0.15) is 0 Å². The fraction of sp³-hybridized carbons (Fsp3) is 0.478. The molecule has 0 spiro atoms. The van der Waals surface area contributed by atoms with E-state index in [1.165, 1.54) is 28.8 Å². The van der Waals surface area contributed by atoms with Gasteiger partial charge in [0, 0.05) is 6.42 Å². The summed E-state index contributed by atoms with van der Waals surface area (Å²) >= 11 is 0. The van der Waals surface area contributed by atoms with Gasteiger partial charge in [-0.25, -0.2) is 4.39 Å². The molecule has 26 heavy (non-hydrogen) atoms. The Morgan fingerprint density at radius 3 is 2.12 bits per heavy atom. The van der Waals surface area contributed by atoms with Crippen molar-refractivity contribution in [1.29, 1.82) is 0 Å². The van der Waals surface area contributed by atoms with E-state index in [1.807, 2.05) is 6.07 Å². The Morgan fingerprint density at radius 2 is 1.46 bits per heavy atom. The molecule has 0 amide bonds. The summed E-state index contributed by atoms with van der Waals surface area (Å²) in [5, 5.41) is 0. The average molecular weight is 358 g/mol. The summed E-state index contributed by atoms with van der Waals surface area (Å²) in [6.07, 6.45) is 0.784. The highest BCUT2D eigenvalue weighted by Crippen LogP contribution is 2.22. The van der Waals surface area contributed by atoms with Gasteiger partial charge < -0.3 is 9.47 Å². The number of hydrogen-bond acceptors (Lipinski definition) is 2. The van der Waals surface area contributed by atoms with E-state index in [4.69, 9.17) is 9.47 Å². The molecule has 0 N–H and O–H groups in total. The molecule has 0 radical (unpaired) electrons. The van der Waals surface area contributed by atoms with Gasteiger partial charge in [0.1, 0.15) is 5.82 Å². The molecule has 0 saturated carbocycles. The Bertz CT molecular complexity index is 729. The molecule has 0 aliphatic carbocycles. The van der Waals surface area contributed by atoms with Crippen LogP contribution in [0.15, 0.2) is 42.5 Å². The number of hydrogen-bond donors (Lipinski definition) is 0. The predicted molar refractivity (Wildman–Crippen MR) is 105 cm³/mol. The van der Waals surface area contributed by atoms with Crippen molar-refractivity contribution in [3.63, 3.8) is 0 Å². The summed E-state index contributed by atoms with van der Waals surface area (Å²) < 4.78 is 25.3. The van der Waals surface area contributed by atoms with Crippen molar-refractivity contribution in [3.05, 3.63) is 70.5 Å². The van der Waals surface area contributed by atoms with E-state index in [2.05, 4.69) is 59.7 Å². The fourth-order valence-electron chi connectivity index (χ4n) is 2.88. The molecule has 3 heteroatoms. The third-order valence-corrected chi connectivity index (χ3v) is 4.02. The molecule has 0 atom stereocenters. The number of halogens is 1. The fourth-order valence-corrected chi connectivity index (χ4v) is 2.88. The lowest BCUT2D eigenvalue weighted by atomic mass is 9.95. The van der Waals surface area contributed by atoms with Crippen LogP contribution in [0.4, 0.5) is 4.39 Å². The molecule has 0 fully saturated rings. The minimum Gasteiger partial charge on any atom is -0.371 e. The topological polar surface area (TPSA) is 18.5 Å². The zero-order valence-electron chi connectivity index (χ0n) is 16.9. The Kier molecular flexibility index (Phi) is 6.59. The van der Waals surface area contributed by atoms with Crippen molar-refractivity contribution < 1.29 is 13.9 Å². The van der Waals surface area contributed by atoms with Gasteiger partial charge in [-0.3, -0.25) is 0 Å². The standard InChI is InChI=1S/C23H31FO2/c1-17-10-19(12-20(11-17)16-25-22(2,3)4)14-23(5,6)26-15-18-8-7-9-21(24)13-18/h7-13H,14-16H2,1-6H3. The van der Waals surface area contributed by atoms with Crippen LogP contribution in [-0.4, -0.2) is 11.2 Å². The highest BCUT2D eigenvalue weighted by Gasteiger charge is 2.20. The SMILES string of the molecule is Cc1cc(COC(C)(C)C)cc(CC(C)(C)OCc2cccc(F)c2)c1. The Labute approximate surface area is 157 Å². The second-order valence-electron chi connectivity index (χ2n) is 8.58. The van der Waals surface area contributed by atoms with Crippen molar-refractivity contribution in [2.24, 2.45) is 0 Å². The van der Waals surface area contributed by atoms with Crippen molar-refractivity contribution in [3.8, 4) is 0 Å². The Hall–Kier alpha value is -1.71. The summed E-state index contributed by atoms with van der Waals surface area (Å²) in [5.74, 6) is -0.230. The quantitative estimate of drug-likeness (QED) is 0.605. The predicted octanol–water partition coefficient (Wildman–Crippen LogP) is 5.99. The van der Waals surface area contributed by atoms with E-state index in [0.29, 0.717) is 13.2 Å². The zero-order valence-corrected chi connectivity index (χ0v) is 16.9. The smallest absolute Gasteiger partial charge is 0.123 e. The van der Waals surface area contributed by atoms with Crippen molar-refractivity contribution in [2.45, 2.75) is 72.4 Å². The van der Waals surface area contributed by atoms with Crippen LogP contribution in [0.2, 0.25) is 0 Å². The minimum absolute atomic E-state index is 0.156. The van der Waals surface area contributed by atoms with Gasteiger partial charge in [0.2, 0.25) is 0 Å². The first kappa shape index (κ1) is 20.6. The van der Waals surface area contributed by atoms with Crippen LogP contribution in [0.1, 0.15) is 56.9 Å². The molecular formula is C23H31FO2. The van der Waals surface area contributed by atoms with E-state index < -0.39 is 0 Å². The van der Waals surface area contributed by atoms with E-state index in [0.717, 1.165) is 12.0 Å². The zero-order chi connectivity index (χ0) is 19.4. The highest BCUT2D eigenvalue weighted by molar-refractivity contribution is 5.30. The van der Waals surface area contributed by atoms with Crippen LogP contribution in [0.25, 0.3) is 0 Å². The van der Waals surface area contributed by atoms with Crippen LogP contribution < -0.4 is 0 Å². The molecule has 2 nitrogen and oxygen atoms in total. The Morgan fingerprint density at radius 1 is 0.808 bits per heavy atom. The maximum atomic E-state index is 13.3. The first-order chi connectivity index (χ1) is 12.0. The monoisotopic (exact) mass is 358 g/mol. The lowest BCUT2D eigenvalue weighted by Gasteiger charge is -2.26. The largest absolute Gasteiger partial charge is 0.371 e. The van der Waals surface area contributed by atoms with Gasteiger partial charge in [-0.05, 0) is 70.4 Å². The first-order valence-electron chi connectivity index (χ1n) is 9.14. The van der Waals surface area contributed by atoms with Crippen LogP contribution in [-0.2, 0) is 29.1 Å². The molecule has 2 aromatic rings. The molecule has 0 aromatic heterocycles. The van der Waals surface area contributed by atoms with Crippen LogP contribution >= 0.6 is 0 Å².